The van der Waals surface area contributed by atoms with E-state index in [4.69, 9.17) is 10.5 Å². The maximum absolute atomic E-state index is 12.6. The van der Waals surface area contributed by atoms with Crippen LogP contribution in [0.1, 0.15) is 24.8 Å². The van der Waals surface area contributed by atoms with Crippen molar-refractivity contribution in [2.75, 3.05) is 6.61 Å². The Bertz CT molecular complexity index is 557. The minimum atomic E-state index is 0.0147. The molecule has 2 saturated carbocycles. The number of rotatable bonds is 2. The zero-order valence-corrected chi connectivity index (χ0v) is 12.1. The van der Waals surface area contributed by atoms with Crippen molar-refractivity contribution in [3.05, 3.63) is 29.8 Å². The minimum Gasteiger partial charge on any atom is -0.491 e. The third kappa shape index (κ3) is 2.22. The Morgan fingerprint density at radius 3 is 2.86 bits per heavy atom. The molecule has 4 rings (SSSR count). The van der Waals surface area contributed by atoms with Crippen molar-refractivity contribution in [1.82, 2.24) is 5.32 Å². The Morgan fingerprint density at radius 1 is 1.24 bits per heavy atom. The van der Waals surface area contributed by atoms with Crippen LogP contribution < -0.4 is 15.8 Å². The standard InChI is InChI=1S/C17H22N2O2/c18-16-12-6-5-11(7-12)15(16)17(20)19-13-8-10-3-1-2-4-14(10)21-9-13/h1-4,11-13,15-16H,5-9,18H2,(H,19,20). The molecule has 3 N–H and O–H groups in total. The second kappa shape index (κ2) is 5.02. The molecule has 1 heterocycles. The summed E-state index contributed by atoms with van der Waals surface area (Å²) >= 11 is 0. The first-order valence-electron chi connectivity index (χ1n) is 7.99. The van der Waals surface area contributed by atoms with E-state index in [9.17, 15) is 4.79 Å². The van der Waals surface area contributed by atoms with Crippen LogP contribution in [0.2, 0.25) is 0 Å². The van der Waals surface area contributed by atoms with Gasteiger partial charge < -0.3 is 15.8 Å². The van der Waals surface area contributed by atoms with Gasteiger partial charge in [-0.2, -0.15) is 0 Å². The van der Waals surface area contributed by atoms with Crippen LogP contribution in [0.5, 0.6) is 5.75 Å². The molecule has 1 amide bonds. The van der Waals surface area contributed by atoms with E-state index in [1.54, 1.807) is 0 Å². The van der Waals surface area contributed by atoms with E-state index in [-0.39, 0.29) is 23.9 Å². The lowest BCUT2D eigenvalue weighted by molar-refractivity contribution is -0.128. The number of para-hydroxylation sites is 1. The number of benzene rings is 1. The lowest BCUT2D eigenvalue weighted by Crippen LogP contribution is -2.50. The molecule has 1 aromatic carbocycles. The fourth-order valence-corrected chi connectivity index (χ4v) is 4.44. The van der Waals surface area contributed by atoms with E-state index in [2.05, 4.69) is 11.4 Å². The van der Waals surface area contributed by atoms with Crippen molar-refractivity contribution in [1.29, 1.82) is 0 Å². The normalized spacial score (nSPS) is 36.9. The number of ether oxygens (including phenoxy) is 1. The molecule has 5 atom stereocenters. The van der Waals surface area contributed by atoms with Crippen molar-refractivity contribution < 1.29 is 9.53 Å². The van der Waals surface area contributed by atoms with E-state index in [0.717, 1.165) is 18.6 Å². The van der Waals surface area contributed by atoms with E-state index in [0.29, 0.717) is 18.4 Å². The Hall–Kier alpha value is -1.55. The summed E-state index contributed by atoms with van der Waals surface area (Å²) in [5.74, 6) is 2.17. The van der Waals surface area contributed by atoms with Crippen LogP contribution in [0.3, 0.4) is 0 Å². The molecule has 2 bridgehead atoms. The van der Waals surface area contributed by atoms with Gasteiger partial charge >= 0.3 is 0 Å². The van der Waals surface area contributed by atoms with Gasteiger partial charge in [0.2, 0.25) is 5.91 Å². The summed E-state index contributed by atoms with van der Waals surface area (Å²) in [6.45, 7) is 0.554. The first-order chi connectivity index (χ1) is 10.2. The monoisotopic (exact) mass is 286 g/mol. The molecular weight excluding hydrogens is 264 g/mol. The van der Waals surface area contributed by atoms with E-state index < -0.39 is 0 Å². The molecule has 0 aromatic heterocycles. The Balaban J connectivity index is 1.42. The topological polar surface area (TPSA) is 64.4 Å². The van der Waals surface area contributed by atoms with Crippen LogP contribution in [0.25, 0.3) is 0 Å². The van der Waals surface area contributed by atoms with Crippen molar-refractivity contribution in [2.24, 2.45) is 23.5 Å². The summed E-state index contributed by atoms with van der Waals surface area (Å²) in [5.41, 5.74) is 7.43. The summed E-state index contributed by atoms with van der Waals surface area (Å²) in [7, 11) is 0. The van der Waals surface area contributed by atoms with E-state index in [1.807, 2.05) is 18.2 Å². The van der Waals surface area contributed by atoms with Gasteiger partial charge in [0.05, 0.1) is 12.0 Å². The Labute approximate surface area is 125 Å². The van der Waals surface area contributed by atoms with Crippen LogP contribution in [-0.2, 0) is 11.2 Å². The maximum Gasteiger partial charge on any atom is 0.225 e. The highest BCUT2D eigenvalue weighted by molar-refractivity contribution is 5.80. The van der Waals surface area contributed by atoms with Gasteiger partial charge in [0.15, 0.2) is 0 Å². The fourth-order valence-electron chi connectivity index (χ4n) is 4.44. The van der Waals surface area contributed by atoms with Crippen molar-refractivity contribution in [3.8, 4) is 5.75 Å². The summed E-state index contributed by atoms with van der Waals surface area (Å²) in [6, 6.07) is 8.17. The molecule has 1 aromatic rings. The molecule has 2 fully saturated rings. The molecule has 5 unspecified atom stereocenters. The van der Waals surface area contributed by atoms with Crippen molar-refractivity contribution >= 4 is 5.91 Å². The molecule has 0 spiro atoms. The van der Waals surface area contributed by atoms with Gasteiger partial charge in [0.25, 0.3) is 0 Å². The van der Waals surface area contributed by atoms with E-state index >= 15 is 0 Å². The first kappa shape index (κ1) is 13.1. The lowest BCUT2D eigenvalue weighted by Gasteiger charge is -2.31. The smallest absolute Gasteiger partial charge is 0.225 e. The molecular formula is C17H22N2O2. The maximum atomic E-state index is 12.6. The predicted octanol–water partition coefficient (Wildman–Crippen LogP) is 1.48. The zero-order valence-electron chi connectivity index (χ0n) is 12.1. The van der Waals surface area contributed by atoms with Gasteiger partial charge in [0, 0.05) is 6.04 Å². The molecule has 4 heteroatoms. The molecule has 3 aliphatic rings. The predicted molar refractivity (Wildman–Crippen MR) is 79.9 cm³/mol. The average molecular weight is 286 g/mol. The van der Waals surface area contributed by atoms with Crippen LogP contribution in [0, 0.1) is 17.8 Å². The highest BCUT2D eigenvalue weighted by Crippen LogP contribution is 2.47. The summed E-state index contributed by atoms with van der Waals surface area (Å²) < 4.78 is 5.74. The van der Waals surface area contributed by atoms with Crippen LogP contribution in [0.4, 0.5) is 0 Å². The Morgan fingerprint density at radius 2 is 2.05 bits per heavy atom. The van der Waals surface area contributed by atoms with Crippen LogP contribution in [0.15, 0.2) is 24.3 Å². The van der Waals surface area contributed by atoms with Gasteiger partial charge in [-0.25, -0.2) is 0 Å². The quantitative estimate of drug-likeness (QED) is 0.865. The van der Waals surface area contributed by atoms with Gasteiger partial charge in [-0.1, -0.05) is 18.2 Å². The zero-order chi connectivity index (χ0) is 14.4. The minimum absolute atomic E-state index is 0.0147. The third-order valence-corrected chi connectivity index (χ3v) is 5.51. The van der Waals surface area contributed by atoms with E-state index in [1.165, 1.54) is 18.4 Å². The number of hydrogen-bond donors (Lipinski definition) is 2. The van der Waals surface area contributed by atoms with Gasteiger partial charge in [0.1, 0.15) is 12.4 Å². The van der Waals surface area contributed by atoms with Crippen LogP contribution >= 0.6 is 0 Å². The molecule has 4 nitrogen and oxygen atoms in total. The fraction of sp³-hybridized carbons (Fsp3) is 0.588. The second-order valence-corrected chi connectivity index (χ2v) is 6.76. The highest BCUT2D eigenvalue weighted by Gasteiger charge is 2.49. The SMILES string of the molecule is NC1C2CCC(C2)C1C(=O)NC1COc2ccccc2C1. The number of hydrogen-bond acceptors (Lipinski definition) is 3. The summed E-state index contributed by atoms with van der Waals surface area (Å²) in [4.78, 5) is 12.6. The molecule has 0 saturated heterocycles. The van der Waals surface area contributed by atoms with Gasteiger partial charge in [-0.15, -0.1) is 0 Å². The first-order valence-corrected chi connectivity index (χ1v) is 7.99. The highest BCUT2D eigenvalue weighted by atomic mass is 16.5. The molecule has 2 aliphatic carbocycles. The van der Waals surface area contributed by atoms with Crippen molar-refractivity contribution in [3.63, 3.8) is 0 Å². The number of carbonyl (C=O) groups is 1. The van der Waals surface area contributed by atoms with Gasteiger partial charge in [-0.05, 0) is 49.1 Å². The molecule has 0 radical (unpaired) electrons. The number of carbonyl (C=O) groups excluding carboxylic acids is 1. The Kier molecular flexibility index (Phi) is 3.14. The molecule has 1 aliphatic heterocycles. The second-order valence-electron chi connectivity index (χ2n) is 6.76. The van der Waals surface area contributed by atoms with Crippen molar-refractivity contribution in [2.45, 2.75) is 37.8 Å². The van der Waals surface area contributed by atoms with Gasteiger partial charge in [-0.3, -0.25) is 4.79 Å². The lowest BCUT2D eigenvalue weighted by atomic mass is 9.84. The number of amides is 1. The number of nitrogens with two attached hydrogens (primary N) is 1. The third-order valence-electron chi connectivity index (χ3n) is 5.51. The number of nitrogens with one attached hydrogen (secondary N) is 1. The number of fused-ring (bicyclic) bond motifs is 3. The molecule has 112 valence electrons. The largest absolute Gasteiger partial charge is 0.491 e. The summed E-state index contributed by atoms with van der Waals surface area (Å²) in [5, 5.41) is 3.17. The van der Waals surface area contributed by atoms with Crippen LogP contribution in [-0.4, -0.2) is 24.6 Å². The molecule has 21 heavy (non-hydrogen) atoms. The average Bonchev–Trinajstić information content (AvgIpc) is 3.08. The summed E-state index contributed by atoms with van der Waals surface area (Å²) in [6.07, 6.45) is 4.36.